The normalized spacial score (nSPS) is 14.3. The van der Waals surface area contributed by atoms with Gasteiger partial charge in [0.25, 0.3) is 0 Å². The summed E-state index contributed by atoms with van der Waals surface area (Å²) >= 11 is 0. The van der Waals surface area contributed by atoms with Crippen molar-refractivity contribution in [3.63, 3.8) is 0 Å². The van der Waals surface area contributed by atoms with Crippen LogP contribution >= 0.6 is 0 Å². The van der Waals surface area contributed by atoms with Gasteiger partial charge in [0.1, 0.15) is 0 Å². The van der Waals surface area contributed by atoms with Gasteiger partial charge in [0.2, 0.25) is 0 Å². The van der Waals surface area contributed by atoms with E-state index in [1.165, 1.54) is 0 Å². The Bertz CT molecular complexity index is 64.1. The summed E-state index contributed by atoms with van der Waals surface area (Å²) in [5.41, 5.74) is 0. The van der Waals surface area contributed by atoms with Crippen molar-refractivity contribution in [3.05, 3.63) is 0 Å². The van der Waals surface area contributed by atoms with E-state index in [1.54, 1.807) is 5.01 Å². The van der Waals surface area contributed by atoms with Crippen molar-refractivity contribution >= 4 is 0 Å². The summed E-state index contributed by atoms with van der Waals surface area (Å²) in [5.74, 6) is 5.51. The van der Waals surface area contributed by atoms with Gasteiger partial charge in [0, 0.05) is 12.6 Å². The fraction of sp³-hybridized carbons (Fsp3) is 1.00. The van der Waals surface area contributed by atoms with E-state index in [1.807, 2.05) is 13.8 Å². The average Bonchev–Trinajstić information content (AvgIpc) is 1.90. The lowest BCUT2D eigenvalue weighted by atomic mass is 10.2. The molecule has 0 aliphatic rings. The molecule has 0 rings (SSSR count). The lowest BCUT2D eigenvalue weighted by molar-refractivity contribution is 0.126. The molecule has 0 saturated heterocycles. The van der Waals surface area contributed by atoms with E-state index >= 15 is 0 Å². The molecule has 0 heterocycles. The van der Waals surface area contributed by atoms with E-state index in [2.05, 4.69) is 0 Å². The standard InChI is InChI=1S/C6H16N2O/c1-3-6(5-9)8(7)4-2/h6,9H,3-5,7H2,1-2H3/t6-/m1/s1. The highest BCUT2D eigenvalue weighted by Gasteiger charge is 2.08. The second-order valence-electron chi connectivity index (χ2n) is 2.08. The van der Waals surface area contributed by atoms with E-state index < -0.39 is 0 Å². The van der Waals surface area contributed by atoms with Gasteiger partial charge in [0.15, 0.2) is 0 Å². The molecule has 0 fully saturated rings. The third-order valence-electron chi connectivity index (χ3n) is 1.52. The Morgan fingerprint density at radius 3 is 2.22 bits per heavy atom. The topological polar surface area (TPSA) is 49.5 Å². The van der Waals surface area contributed by atoms with Gasteiger partial charge >= 0.3 is 0 Å². The summed E-state index contributed by atoms with van der Waals surface area (Å²) < 4.78 is 0. The summed E-state index contributed by atoms with van der Waals surface area (Å²) in [6.07, 6.45) is 0.904. The highest BCUT2D eigenvalue weighted by molar-refractivity contribution is 4.61. The molecule has 0 radical (unpaired) electrons. The second kappa shape index (κ2) is 4.73. The first-order valence-corrected chi connectivity index (χ1v) is 3.38. The number of rotatable bonds is 4. The fourth-order valence-corrected chi connectivity index (χ4v) is 0.727. The zero-order chi connectivity index (χ0) is 7.28. The molecule has 0 saturated carbocycles. The molecular weight excluding hydrogens is 116 g/mol. The number of nitrogens with two attached hydrogens (primary N) is 1. The van der Waals surface area contributed by atoms with Crippen molar-refractivity contribution in [2.45, 2.75) is 26.3 Å². The Morgan fingerprint density at radius 1 is 1.56 bits per heavy atom. The van der Waals surface area contributed by atoms with E-state index in [0.717, 1.165) is 13.0 Å². The maximum Gasteiger partial charge on any atom is 0.0600 e. The van der Waals surface area contributed by atoms with Crippen molar-refractivity contribution in [1.82, 2.24) is 5.01 Å². The van der Waals surface area contributed by atoms with Crippen molar-refractivity contribution < 1.29 is 5.11 Å². The van der Waals surface area contributed by atoms with Gasteiger partial charge in [-0.25, -0.2) is 5.01 Å². The van der Waals surface area contributed by atoms with Crippen LogP contribution in [-0.2, 0) is 0 Å². The molecule has 56 valence electrons. The van der Waals surface area contributed by atoms with Crippen LogP contribution < -0.4 is 5.84 Å². The van der Waals surface area contributed by atoms with Crippen molar-refractivity contribution in [3.8, 4) is 0 Å². The van der Waals surface area contributed by atoms with Gasteiger partial charge in [-0.3, -0.25) is 5.84 Å². The molecule has 0 unspecified atom stereocenters. The molecule has 1 atom stereocenters. The van der Waals surface area contributed by atoms with Crippen LogP contribution in [-0.4, -0.2) is 29.3 Å². The largest absolute Gasteiger partial charge is 0.395 e. The predicted octanol–water partition coefficient (Wildman–Crippen LogP) is -0.0471. The number of hydrogen-bond donors (Lipinski definition) is 2. The number of hydrazine groups is 1. The lowest BCUT2D eigenvalue weighted by Crippen LogP contribution is -2.42. The third kappa shape index (κ3) is 2.79. The van der Waals surface area contributed by atoms with Crippen LogP contribution in [0.5, 0.6) is 0 Å². The molecule has 0 bridgehead atoms. The molecule has 0 aliphatic carbocycles. The SMILES string of the molecule is CC[C@H](CO)N(N)CC. The van der Waals surface area contributed by atoms with Crippen LogP contribution in [0.2, 0.25) is 0 Å². The van der Waals surface area contributed by atoms with E-state index in [0.29, 0.717) is 0 Å². The first-order chi connectivity index (χ1) is 4.26. The fourth-order valence-electron chi connectivity index (χ4n) is 0.727. The first kappa shape index (κ1) is 8.88. The predicted molar refractivity (Wildman–Crippen MR) is 37.7 cm³/mol. The highest BCUT2D eigenvalue weighted by atomic mass is 16.3. The van der Waals surface area contributed by atoms with Crippen molar-refractivity contribution in [2.75, 3.05) is 13.2 Å². The smallest absolute Gasteiger partial charge is 0.0600 e. The summed E-state index contributed by atoms with van der Waals surface area (Å²) in [6, 6.07) is 0.134. The number of hydrogen-bond acceptors (Lipinski definition) is 3. The summed E-state index contributed by atoms with van der Waals surface area (Å²) in [4.78, 5) is 0. The molecule has 0 amide bonds. The average molecular weight is 132 g/mol. The van der Waals surface area contributed by atoms with Crippen LogP contribution in [0.3, 0.4) is 0 Å². The van der Waals surface area contributed by atoms with Crippen LogP contribution in [0, 0.1) is 0 Å². The minimum Gasteiger partial charge on any atom is -0.395 e. The number of aliphatic hydroxyl groups is 1. The van der Waals surface area contributed by atoms with E-state index in [9.17, 15) is 0 Å². The Kier molecular flexibility index (Phi) is 4.67. The van der Waals surface area contributed by atoms with Crippen LogP contribution in [0.15, 0.2) is 0 Å². The van der Waals surface area contributed by atoms with Crippen molar-refractivity contribution in [1.29, 1.82) is 0 Å². The molecule has 3 nitrogen and oxygen atoms in total. The number of nitrogens with zero attached hydrogens (tertiary/aromatic N) is 1. The van der Waals surface area contributed by atoms with Gasteiger partial charge < -0.3 is 5.11 Å². The molecule has 9 heavy (non-hydrogen) atoms. The zero-order valence-corrected chi connectivity index (χ0v) is 6.17. The Labute approximate surface area is 56.4 Å². The van der Waals surface area contributed by atoms with Crippen LogP contribution in [0.4, 0.5) is 0 Å². The quantitative estimate of drug-likeness (QED) is 0.416. The minimum atomic E-state index is 0.134. The van der Waals surface area contributed by atoms with E-state index in [-0.39, 0.29) is 12.6 Å². The van der Waals surface area contributed by atoms with Gasteiger partial charge in [0.05, 0.1) is 6.61 Å². The van der Waals surface area contributed by atoms with Crippen LogP contribution in [0.25, 0.3) is 0 Å². The molecular formula is C6H16N2O. The molecule has 0 aromatic carbocycles. The zero-order valence-electron chi connectivity index (χ0n) is 6.17. The number of likely N-dealkylation sites (N-methyl/N-ethyl adjacent to an activating group) is 1. The molecule has 3 N–H and O–H groups in total. The maximum atomic E-state index is 8.71. The summed E-state index contributed by atoms with van der Waals surface area (Å²) in [6.45, 7) is 4.93. The summed E-state index contributed by atoms with van der Waals surface area (Å²) in [7, 11) is 0. The van der Waals surface area contributed by atoms with Gasteiger partial charge in [-0.2, -0.15) is 0 Å². The van der Waals surface area contributed by atoms with Crippen molar-refractivity contribution in [2.24, 2.45) is 5.84 Å². The second-order valence-corrected chi connectivity index (χ2v) is 2.08. The third-order valence-corrected chi connectivity index (χ3v) is 1.52. The van der Waals surface area contributed by atoms with Gasteiger partial charge in [-0.15, -0.1) is 0 Å². The molecule has 0 aromatic rings. The minimum absolute atomic E-state index is 0.134. The Balaban J connectivity index is 3.50. The molecule has 3 heteroatoms. The monoisotopic (exact) mass is 132 g/mol. The van der Waals surface area contributed by atoms with Crippen LogP contribution in [0.1, 0.15) is 20.3 Å². The summed E-state index contributed by atoms with van der Waals surface area (Å²) in [5, 5.41) is 10.4. The Morgan fingerprint density at radius 2 is 2.11 bits per heavy atom. The Hall–Kier alpha value is -0.120. The first-order valence-electron chi connectivity index (χ1n) is 3.38. The molecule has 0 spiro atoms. The highest BCUT2D eigenvalue weighted by Crippen LogP contribution is 1.95. The maximum absolute atomic E-state index is 8.71. The van der Waals surface area contributed by atoms with Gasteiger partial charge in [-0.1, -0.05) is 13.8 Å². The lowest BCUT2D eigenvalue weighted by Gasteiger charge is -2.22. The van der Waals surface area contributed by atoms with E-state index in [4.69, 9.17) is 10.9 Å². The molecule has 0 aromatic heterocycles. The van der Waals surface area contributed by atoms with Gasteiger partial charge in [-0.05, 0) is 6.42 Å². The number of aliphatic hydroxyl groups excluding tert-OH is 1. The molecule has 0 aliphatic heterocycles.